The Morgan fingerprint density at radius 2 is 1.32 bits per heavy atom. The highest BCUT2D eigenvalue weighted by Crippen LogP contribution is 2.54. The molecule has 0 saturated heterocycles. The van der Waals surface area contributed by atoms with E-state index in [2.05, 4.69) is 117 Å². The highest BCUT2D eigenvalue weighted by atomic mass is 79.9. The summed E-state index contributed by atoms with van der Waals surface area (Å²) in [5, 5.41) is 3.85. The first-order chi connectivity index (χ1) is 14.8. The number of benzene rings is 3. The molecule has 0 radical (unpaired) electrons. The molecule has 1 nitrogen and oxygen atoms in total. The van der Waals surface area contributed by atoms with Gasteiger partial charge in [-0.2, -0.15) is 0 Å². The minimum absolute atomic E-state index is 0.0740. The topological polar surface area (TPSA) is 12.0 Å². The zero-order valence-electron chi connectivity index (χ0n) is 19.6. The van der Waals surface area contributed by atoms with Gasteiger partial charge in [0.2, 0.25) is 0 Å². The molecule has 3 aromatic carbocycles. The second-order valence-electron chi connectivity index (χ2n) is 9.49. The van der Waals surface area contributed by atoms with Crippen LogP contribution >= 0.6 is 15.9 Å². The van der Waals surface area contributed by atoms with E-state index in [0.29, 0.717) is 11.8 Å². The average molecular weight is 477 g/mol. The largest absolute Gasteiger partial charge is 0.355 e. The van der Waals surface area contributed by atoms with E-state index >= 15 is 0 Å². The molecular formula is C29H34BrN. The molecule has 0 unspecified atom stereocenters. The molecule has 0 spiro atoms. The number of hydrogen-bond acceptors (Lipinski definition) is 1. The van der Waals surface area contributed by atoms with Crippen molar-refractivity contribution < 1.29 is 0 Å². The van der Waals surface area contributed by atoms with Gasteiger partial charge in [-0.15, -0.1) is 0 Å². The molecule has 0 aliphatic heterocycles. The Bertz CT molecular complexity index is 1080. The molecule has 4 rings (SSSR count). The van der Waals surface area contributed by atoms with Crippen LogP contribution in [0.5, 0.6) is 0 Å². The SMILES string of the molecule is CCC1(CC)c2cc(Br)ccc2-c2ccc(Nc3c(C(C)C)cccc3C(C)C)cc21. The summed E-state index contributed by atoms with van der Waals surface area (Å²) in [6, 6.07) is 20.5. The van der Waals surface area contributed by atoms with Gasteiger partial charge in [0.05, 0.1) is 0 Å². The lowest BCUT2D eigenvalue weighted by Crippen LogP contribution is -2.23. The third-order valence-corrected chi connectivity index (χ3v) is 7.67. The van der Waals surface area contributed by atoms with Gasteiger partial charge in [-0.05, 0) is 82.3 Å². The van der Waals surface area contributed by atoms with E-state index < -0.39 is 0 Å². The summed E-state index contributed by atoms with van der Waals surface area (Å²) in [5.41, 5.74) is 11.0. The lowest BCUT2D eigenvalue weighted by molar-refractivity contribution is 0.490. The Morgan fingerprint density at radius 1 is 0.774 bits per heavy atom. The third kappa shape index (κ3) is 3.63. The van der Waals surface area contributed by atoms with Gasteiger partial charge in [0.25, 0.3) is 0 Å². The first-order valence-electron chi connectivity index (χ1n) is 11.7. The number of para-hydroxylation sites is 1. The van der Waals surface area contributed by atoms with Gasteiger partial charge >= 0.3 is 0 Å². The summed E-state index contributed by atoms with van der Waals surface area (Å²) in [6.07, 6.45) is 2.20. The minimum atomic E-state index is 0.0740. The molecule has 31 heavy (non-hydrogen) atoms. The van der Waals surface area contributed by atoms with E-state index in [1.54, 1.807) is 0 Å². The third-order valence-electron chi connectivity index (χ3n) is 7.17. The minimum Gasteiger partial charge on any atom is -0.355 e. The standard InChI is InChI=1S/C29H34BrN/c1-7-29(8-2)26-16-20(30)12-14-24(26)25-15-13-21(17-27(25)29)31-28-22(18(3)4)10-9-11-23(28)19(5)6/h9-19,31H,7-8H2,1-6H3. The smallest absolute Gasteiger partial charge is 0.0454 e. The zero-order chi connectivity index (χ0) is 22.3. The molecule has 1 N–H and O–H groups in total. The first kappa shape index (κ1) is 22.1. The molecule has 1 aliphatic carbocycles. The highest BCUT2D eigenvalue weighted by Gasteiger charge is 2.40. The van der Waals surface area contributed by atoms with Crippen LogP contribution in [0.2, 0.25) is 0 Å². The molecule has 2 heteroatoms. The van der Waals surface area contributed by atoms with Crippen LogP contribution in [0.25, 0.3) is 11.1 Å². The van der Waals surface area contributed by atoms with E-state index in [1.807, 2.05) is 0 Å². The van der Waals surface area contributed by atoms with E-state index in [4.69, 9.17) is 0 Å². The molecule has 0 amide bonds. The number of fused-ring (bicyclic) bond motifs is 3. The van der Waals surface area contributed by atoms with Crippen LogP contribution in [0, 0.1) is 0 Å². The van der Waals surface area contributed by atoms with E-state index in [1.165, 1.54) is 44.8 Å². The lowest BCUT2D eigenvalue weighted by Gasteiger charge is -2.30. The van der Waals surface area contributed by atoms with Gasteiger partial charge in [0.15, 0.2) is 0 Å². The predicted octanol–water partition coefficient (Wildman–Crippen LogP) is 9.53. The van der Waals surface area contributed by atoms with Gasteiger partial charge in [-0.1, -0.05) is 87.8 Å². The molecule has 0 aromatic heterocycles. The summed E-state index contributed by atoms with van der Waals surface area (Å²) < 4.78 is 1.16. The van der Waals surface area contributed by atoms with Crippen molar-refractivity contribution in [2.45, 2.75) is 71.6 Å². The molecule has 162 valence electrons. The molecule has 0 fully saturated rings. The van der Waals surface area contributed by atoms with E-state index in [9.17, 15) is 0 Å². The van der Waals surface area contributed by atoms with E-state index in [-0.39, 0.29) is 5.41 Å². The Hall–Kier alpha value is -2.06. The Morgan fingerprint density at radius 3 is 1.87 bits per heavy atom. The van der Waals surface area contributed by atoms with Crippen LogP contribution in [0.15, 0.2) is 59.1 Å². The number of halogens is 1. The van der Waals surface area contributed by atoms with Crippen LogP contribution < -0.4 is 5.32 Å². The van der Waals surface area contributed by atoms with Crippen LogP contribution in [0.1, 0.15) is 88.5 Å². The molecule has 0 heterocycles. The predicted molar refractivity (Wildman–Crippen MR) is 139 cm³/mol. The van der Waals surface area contributed by atoms with Gasteiger partial charge < -0.3 is 5.32 Å². The van der Waals surface area contributed by atoms with E-state index in [0.717, 1.165) is 17.3 Å². The van der Waals surface area contributed by atoms with Crippen molar-refractivity contribution in [2.75, 3.05) is 5.32 Å². The fourth-order valence-corrected chi connectivity index (χ4v) is 5.76. The second-order valence-corrected chi connectivity index (χ2v) is 10.4. The maximum Gasteiger partial charge on any atom is 0.0454 e. The maximum absolute atomic E-state index is 3.85. The number of nitrogens with one attached hydrogen (secondary N) is 1. The molecule has 3 aromatic rings. The molecular weight excluding hydrogens is 442 g/mol. The maximum atomic E-state index is 3.85. The quantitative estimate of drug-likeness (QED) is 0.374. The summed E-state index contributed by atoms with van der Waals surface area (Å²) in [6.45, 7) is 13.8. The number of rotatable bonds is 6. The lowest BCUT2D eigenvalue weighted by atomic mass is 9.74. The number of anilines is 2. The van der Waals surface area contributed by atoms with Crippen molar-refractivity contribution in [1.29, 1.82) is 0 Å². The van der Waals surface area contributed by atoms with Crippen molar-refractivity contribution in [3.8, 4) is 11.1 Å². The summed E-state index contributed by atoms with van der Waals surface area (Å²) in [4.78, 5) is 0. The summed E-state index contributed by atoms with van der Waals surface area (Å²) in [5.74, 6) is 0.949. The Kier molecular flexibility index (Phi) is 6.05. The monoisotopic (exact) mass is 475 g/mol. The van der Waals surface area contributed by atoms with Gasteiger partial charge in [-0.3, -0.25) is 0 Å². The normalized spacial score (nSPS) is 14.1. The summed E-state index contributed by atoms with van der Waals surface area (Å²) in [7, 11) is 0. The van der Waals surface area contributed by atoms with Crippen molar-refractivity contribution in [3.05, 3.63) is 81.3 Å². The summed E-state index contributed by atoms with van der Waals surface area (Å²) >= 11 is 3.71. The average Bonchev–Trinajstić information content (AvgIpc) is 3.02. The second kappa shape index (κ2) is 8.47. The van der Waals surface area contributed by atoms with Gasteiger partial charge in [0.1, 0.15) is 0 Å². The van der Waals surface area contributed by atoms with Crippen LogP contribution in [-0.4, -0.2) is 0 Å². The fourth-order valence-electron chi connectivity index (χ4n) is 5.40. The molecule has 0 bridgehead atoms. The molecule has 1 aliphatic rings. The van der Waals surface area contributed by atoms with Crippen molar-refractivity contribution >= 4 is 27.3 Å². The Balaban J connectivity index is 1.85. The fraction of sp³-hybridized carbons (Fsp3) is 0.379. The first-order valence-corrected chi connectivity index (χ1v) is 12.5. The van der Waals surface area contributed by atoms with Gasteiger partial charge in [0, 0.05) is 21.3 Å². The van der Waals surface area contributed by atoms with Crippen LogP contribution in [0.4, 0.5) is 11.4 Å². The highest BCUT2D eigenvalue weighted by molar-refractivity contribution is 9.10. The molecule has 0 atom stereocenters. The van der Waals surface area contributed by atoms with Crippen molar-refractivity contribution in [1.82, 2.24) is 0 Å². The van der Waals surface area contributed by atoms with Crippen LogP contribution in [-0.2, 0) is 5.41 Å². The Labute approximate surface area is 196 Å². The van der Waals surface area contributed by atoms with Crippen molar-refractivity contribution in [3.63, 3.8) is 0 Å². The van der Waals surface area contributed by atoms with Gasteiger partial charge in [-0.25, -0.2) is 0 Å². The van der Waals surface area contributed by atoms with Crippen LogP contribution in [0.3, 0.4) is 0 Å². The zero-order valence-corrected chi connectivity index (χ0v) is 21.2. The number of hydrogen-bond donors (Lipinski definition) is 1. The van der Waals surface area contributed by atoms with Crippen molar-refractivity contribution in [2.24, 2.45) is 0 Å². The molecule has 0 saturated carbocycles.